The van der Waals surface area contributed by atoms with Gasteiger partial charge < -0.3 is 14.2 Å². The van der Waals surface area contributed by atoms with Gasteiger partial charge in [-0.2, -0.15) is 0 Å². The molecular formula is C17H22N4O3. The van der Waals surface area contributed by atoms with E-state index in [0.29, 0.717) is 38.4 Å². The van der Waals surface area contributed by atoms with E-state index in [9.17, 15) is 4.79 Å². The Morgan fingerprint density at radius 1 is 1.38 bits per heavy atom. The van der Waals surface area contributed by atoms with Gasteiger partial charge in [0.25, 0.3) is 0 Å². The summed E-state index contributed by atoms with van der Waals surface area (Å²) in [5.74, 6) is 1.61. The molecule has 1 aliphatic rings. The summed E-state index contributed by atoms with van der Waals surface area (Å²) in [4.78, 5) is 22.9. The summed E-state index contributed by atoms with van der Waals surface area (Å²) in [6, 6.07) is 1.84. The fraction of sp³-hybridized carbons (Fsp3) is 0.529. The average molecular weight is 330 g/mol. The normalized spacial score (nSPS) is 18.0. The molecule has 3 heterocycles. The van der Waals surface area contributed by atoms with E-state index in [0.717, 1.165) is 22.7 Å². The Bertz CT molecular complexity index is 709. The van der Waals surface area contributed by atoms with Gasteiger partial charge in [0.2, 0.25) is 5.91 Å². The zero-order valence-electron chi connectivity index (χ0n) is 14.3. The Morgan fingerprint density at radius 2 is 2.21 bits per heavy atom. The number of morpholine rings is 1. The van der Waals surface area contributed by atoms with Gasteiger partial charge in [-0.05, 0) is 33.3 Å². The Hall–Kier alpha value is -2.28. The van der Waals surface area contributed by atoms with Gasteiger partial charge in [0.05, 0.1) is 24.5 Å². The molecule has 0 N–H and O–H groups in total. The molecule has 0 radical (unpaired) electrons. The quantitative estimate of drug-likeness (QED) is 0.852. The highest BCUT2D eigenvalue weighted by molar-refractivity contribution is 5.76. The van der Waals surface area contributed by atoms with Gasteiger partial charge in [-0.25, -0.2) is 9.97 Å². The van der Waals surface area contributed by atoms with Crippen molar-refractivity contribution in [3.8, 4) is 0 Å². The zero-order valence-corrected chi connectivity index (χ0v) is 14.3. The van der Waals surface area contributed by atoms with Crippen LogP contribution in [0.25, 0.3) is 0 Å². The predicted molar refractivity (Wildman–Crippen MR) is 86.3 cm³/mol. The summed E-state index contributed by atoms with van der Waals surface area (Å²) in [6.07, 6.45) is 2.62. The van der Waals surface area contributed by atoms with Crippen LogP contribution in [0.15, 0.2) is 16.8 Å². The number of ether oxygens (including phenoxy) is 1. The maximum atomic E-state index is 12.5. The fourth-order valence-corrected chi connectivity index (χ4v) is 2.96. The van der Waals surface area contributed by atoms with Crippen LogP contribution in [-0.2, 0) is 16.0 Å². The fourth-order valence-electron chi connectivity index (χ4n) is 2.96. The van der Waals surface area contributed by atoms with E-state index in [1.807, 2.05) is 31.7 Å². The van der Waals surface area contributed by atoms with E-state index < -0.39 is 0 Å². The van der Waals surface area contributed by atoms with Crippen LogP contribution in [0.1, 0.15) is 41.1 Å². The maximum absolute atomic E-state index is 12.5. The van der Waals surface area contributed by atoms with Gasteiger partial charge in [-0.3, -0.25) is 4.79 Å². The van der Waals surface area contributed by atoms with E-state index in [-0.39, 0.29) is 12.0 Å². The zero-order chi connectivity index (χ0) is 17.1. The van der Waals surface area contributed by atoms with E-state index in [1.54, 1.807) is 6.20 Å². The molecule has 7 heteroatoms. The number of amides is 1. The number of aryl methyl sites for hydroxylation is 3. The molecule has 0 saturated carbocycles. The van der Waals surface area contributed by atoms with Gasteiger partial charge >= 0.3 is 0 Å². The smallest absolute Gasteiger partial charge is 0.223 e. The van der Waals surface area contributed by atoms with Gasteiger partial charge in [0.1, 0.15) is 17.7 Å². The molecule has 128 valence electrons. The lowest BCUT2D eigenvalue weighted by Crippen LogP contribution is -2.42. The molecule has 1 amide bonds. The molecule has 24 heavy (non-hydrogen) atoms. The maximum Gasteiger partial charge on any atom is 0.223 e. The highest BCUT2D eigenvalue weighted by atomic mass is 16.5. The minimum absolute atomic E-state index is 0.120. The second kappa shape index (κ2) is 7.09. The molecule has 0 aromatic carbocycles. The molecule has 1 atom stereocenters. The Kier molecular flexibility index (Phi) is 4.89. The summed E-state index contributed by atoms with van der Waals surface area (Å²) < 4.78 is 10.9. The molecule has 1 saturated heterocycles. The molecule has 2 aromatic heterocycles. The number of carbonyl (C=O) groups is 1. The lowest BCUT2D eigenvalue weighted by molar-refractivity contribution is -0.139. The number of nitrogens with zero attached hydrogens (tertiary/aromatic N) is 4. The van der Waals surface area contributed by atoms with Crippen molar-refractivity contribution in [3.63, 3.8) is 0 Å². The summed E-state index contributed by atoms with van der Waals surface area (Å²) in [5.41, 5.74) is 2.71. The standard InChI is InChI=1S/C17H22N4O3/c1-11-14(12(2)24-20-11)4-5-17(22)21-8-9-23-16(10-21)15-6-7-18-13(3)19-15/h6-7,16H,4-5,8-10H2,1-3H3/t16-/m0/s1. The van der Waals surface area contributed by atoms with E-state index >= 15 is 0 Å². The first kappa shape index (κ1) is 16.6. The topological polar surface area (TPSA) is 81.4 Å². The lowest BCUT2D eigenvalue weighted by atomic mass is 10.1. The average Bonchev–Trinajstić information content (AvgIpc) is 2.91. The Labute approximate surface area is 141 Å². The second-order valence-electron chi connectivity index (χ2n) is 6.03. The van der Waals surface area contributed by atoms with Crippen molar-refractivity contribution in [2.24, 2.45) is 0 Å². The molecule has 0 unspecified atom stereocenters. The first-order chi connectivity index (χ1) is 11.5. The SMILES string of the molecule is Cc1nccc([C@@H]2CN(C(=O)CCc3c(C)noc3C)CCO2)n1. The van der Waals surface area contributed by atoms with Crippen molar-refractivity contribution in [1.29, 1.82) is 0 Å². The van der Waals surface area contributed by atoms with Crippen LogP contribution < -0.4 is 0 Å². The third-order valence-corrected chi connectivity index (χ3v) is 4.32. The van der Waals surface area contributed by atoms with Gasteiger partial charge in [-0.1, -0.05) is 5.16 Å². The first-order valence-corrected chi connectivity index (χ1v) is 8.15. The van der Waals surface area contributed by atoms with E-state index in [2.05, 4.69) is 15.1 Å². The number of hydrogen-bond donors (Lipinski definition) is 0. The number of aromatic nitrogens is 3. The number of rotatable bonds is 4. The van der Waals surface area contributed by atoms with Crippen LogP contribution >= 0.6 is 0 Å². The molecule has 0 spiro atoms. The number of carbonyl (C=O) groups excluding carboxylic acids is 1. The predicted octanol–water partition coefficient (Wildman–Crippen LogP) is 1.92. The van der Waals surface area contributed by atoms with Crippen molar-refractivity contribution >= 4 is 5.91 Å². The Balaban J connectivity index is 1.61. The van der Waals surface area contributed by atoms with Crippen LogP contribution in [0.5, 0.6) is 0 Å². The molecule has 0 aliphatic carbocycles. The van der Waals surface area contributed by atoms with Crippen molar-refractivity contribution in [2.75, 3.05) is 19.7 Å². The number of hydrogen-bond acceptors (Lipinski definition) is 6. The molecule has 3 rings (SSSR count). The molecule has 0 bridgehead atoms. The highest BCUT2D eigenvalue weighted by Gasteiger charge is 2.26. The van der Waals surface area contributed by atoms with Crippen molar-refractivity contribution in [3.05, 3.63) is 40.8 Å². The monoisotopic (exact) mass is 330 g/mol. The van der Waals surface area contributed by atoms with Gasteiger partial charge in [0.15, 0.2) is 0 Å². The summed E-state index contributed by atoms with van der Waals surface area (Å²) in [5, 5.41) is 3.93. The van der Waals surface area contributed by atoms with Crippen LogP contribution in [0.4, 0.5) is 0 Å². The van der Waals surface area contributed by atoms with Crippen molar-refractivity contribution < 1.29 is 14.1 Å². The lowest BCUT2D eigenvalue weighted by Gasteiger charge is -2.32. The summed E-state index contributed by atoms with van der Waals surface area (Å²) in [7, 11) is 0. The summed E-state index contributed by atoms with van der Waals surface area (Å²) in [6.45, 7) is 7.28. The van der Waals surface area contributed by atoms with E-state index in [4.69, 9.17) is 9.26 Å². The highest BCUT2D eigenvalue weighted by Crippen LogP contribution is 2.22. The summed E-state index contributed by atoms with van der Waals surface area (Å²) >= 11 is 0. The molecule has 1 fully saturated rings. The van der Waals surface area contributed by atoms with Crippen molar-refractivity contribution in [2.45, 2.75) is 39.7 Å². The van der Waals surface area contributed by atoms with E-state index in [1.165, 1.54) is 0 Å². The van der Waals surface area contributed by atoms with Gasteiger partial charge in [0, 0.05) is 24.7 Å². The Morgan fingerprint density at radius 3 is 2.92 bits per heavy atom. The molecule has 2 aromatic rings. The molecular weight excluding hydrogens is 308 g/mol. The van der Waals surface area contributed by atoms with Crippen LogP contribution in [0.2, 0.25) is 0 Å². The minimum atomic E-state index is -0.191. The largest absolute Gasteiger partial charge is 0.368 e. The minimum Gasteiger partial charge on any atom is -0.368 e. The van der Waals surface area contributed by atoms with Crippen molar-refractivity contribution in [1.82, 2.24) is 20.0 Å². The third-order valence-electron chi connectivity index (χ3n) is 4.32. The second-order valence-corrected chi connectivity index (χ2v) is 6.03. The molecule has 7 nitrogen and oxygen atoms in total. The van der Waals surface area contributed by atoms with Crippen LogP contribution in [0.3, 0.4) is 0 Å². The third kappa shape index (κ3) is 3.62. The van der Waals surface area contributed by atoms with Gasteiger partial charge in [-0.15, -0.1) is 0 Å². The van der Waals surface area contributed by atoms with Crippen LogP contribution in [0, 0.1) is 20.8 Å². The first-order valence-electron chi connectivity index (χ1n) is 8.15. The van der Waals surface area contributed by atoms with Crippen LogP contribution in [-0.4, -0.2) is 45.6 Å². The molecule has 1 aliphatic heterocycles.